The average Bonchev–Trinajstić information content (AvgIpc) is 3.56. The minimum absolute atomic E-state index is 0.311. The smallest absolute Gasteiger partial charge is 0.339 e. The predicted molar refractivity (Wildman–Crippen MR) is 139 cm³/mol. The number of aromatic nitrogens is 3. The molecule has 0 saturated carbocycles. The number of anilines is 1. The van der Waals surface area contributed by atoms with Gasteiger partial charge in [-0.1, -0.05) is 42.5 Å². The number of hydrogen-bond acceptors (Lipinski definition) is 7. The minimum atomic E-state index is -1.04. The maximum Gasteiger partial charge on any atom is 0.339 e. The van der Waals surface area contributed by atoms with Gasteiger partial charge in [0.05, 0.1) is 29.4 Å². The molecule has 2 aromatic heterocycles. The van der Waals surface area contributed by atoms with E-state index in [0.29, 0.717) is 27.8 Å². The fraction of sp³-hybridized carbons (Fsp3) is 0.111. The molecule has 5 rings (SSSR count). The molecule has 0 saturated heterocycles. The molecule has 2 heterocycles. The third-order valence-corrected chi connectivity index (χ3v) is 6.30. The van der Waals surface area contributed by atoms with Crippen LogP contribution in [0.3, 0.4) is 0 Å². The van der Waals surface area contributed by atoms with E-state index >= 15 is 0 Å². The number of hydrogen-bond donors (Lipinski definition) is 2. The van der Waals surface area contributed by atoms with Crippen LogP contribution in [0, 0.1) is 0 Å². The summed E-state index contributed by atoms with van der Waals surface area (Å²) in [5, 5.41) is 4.97. The minimum Gasteiger partial charge on any atom is -0.497 e. The van der Waals surface area contributed by atoms with Gasteiger partial charge in [0.25, 0.3) is 5.91 Å². The lowest BCUT2D eigenvalue weighted by Gasteiger charge is -2.13. The highest BCUT2D eigenvalue weighted by Gasteiger charge is 2.23. The van der Waals surface area contributed by atoms with Crippen molar-refractivity contribution in [2.24, 2.45) is 0 Å². The predicted octanol–water partition coefficient (Wildman–Crippen LogP) is 5.55. The third kappa shape index (κ3) is 4.82. The number of para-hydroxylation sites is 2. The fourth-order valence-electron chi connectivity index (χ4n) is 3.68. The number of benzene rings is 3. The second kappa shape index (κ2) is 10.0. The van der Waals surface area contributed by atoms with Crippen LogP contribution >= 0.6 is 11.3 Å². The number of nitrogens with zero attached hydrogens (tertiary/aromatic N) is 2. The van der Waals surface area contributed by atoms with Crippen molar-refractivity contribution in [3.8, 4) is 28.4 Å². The van der Waals surface area contributed by atoms with Gasteiger partial charge < -0.3 is 14.5 Å². The first-order valence-corrected chi connectivity index (χ1v) is 12.1. The topological polar surface area (TPSA) is 106 Å². The highest BCUT2D eigenvalue weighted by atomic mass is 32.1. The molecule has 0 fully saturated rings. The van der Waals surface area contributed by atoms with Crippen LogP contribution in [0.25, 0.3) is 33.7 Å². The first kappa shape index (κ1) is 23.3. The number of esters is 1. The van der Waals surface area contributed by atoms with Crippen LogP contribution in [-0.4, -0.2) is 40.0 Å². The summed E-state index contributed by atoms with van der Waals surface area (Å²) in [6.07, 6.45) is -1.04. The Morgan fingerprint density at radius 1 is 1.00 bits per heavy atom. The zero-order valence-corrected chi connectivity index (χ0v) is 20.3. The van der Waals surface area contributed by atoms with Gasteiger partial charge in [-0.25, -0.2) is 14.8 Å². The van der Waals surface area contributed by atoms with E-state index in [1.165, 1.54) is 18.3 Å². The monoisotopic (exact) mass is 498 g/mol. The van der Waals surface area contributed by atoms with E-state index in [9.17, 15) is 9.59 Å². The van der Waals surface area contributed by atoms with E-state index in [2.05, 4.69) is 20.3 Å². The summed E-state index contributed by atoms with van der Waals surface area (Å²) in [6, 6.07) is 22.1. The Bertz CT molecular complexity index is 1530. The summed E-state index contributed by atoms with van der Waals surface area (Å²) in [5.41, 5.74) is 4.13. The molecule has 3 aromatic carbocycles. The summed E-state index contributed by atoms with van der Waals surface area (Å²) in [4.78, 5) is 38.0. The number of fused-ring (bicyclic) bond motifs is 1. The van der Waals surface area contributed by atoms with Crippen LogP contribution in [0.2, 0.25) is 0 Å². The first-order valence-electron chi connectivity index (χ1n) is 11.2. The highest BCUT2D eigenvalue weighted by molar-refractivity contribution is 7.14. The van der Waals surface area contributed by atoms with Crippen molar-refractivity contribution in [2.75, 3.05) is 12.4 Å². The van der Waals surface area contributed by atoms with Gasteiger partial charge in [0.2, 0.25) is 0 Å². The van der Waals surface area contributed by atoms with Gasteiger partial charge in [-0.3, -0.25) is 10.1 Å². The van der Waals surface area contributed by atoms with E-state index < -0.39 is 18.0 Å². The molecule has 0 aliphatic carbocycles. The first-order chi connectivity index (χ1) is 17.5. The SMILES string of the molecule is COc1cccc(-c2csc(NC(=O)C(C)OC(=O)c3ccccc3-c3nc4ccccc4[nH]3)n2)c1. The van der Waals surface area contributed by atoms with E-state index in [4.69, 9.17) is 9.47 Å². The van der Waals surface area contributed by atoms with Gasteiger partial charge in [-0.05, 0) is 37.3 Å². The normalized spacial score (nSPS) is 11.7. The number of thiazole rings is 1. The van der Waals surface area contributed by atoms with Crippen LogP contribution < -0.4 is 10.1 Å². The number of carbonyl (C=O) groups is 2. The molecule has 0 aliphatic rings. The number of nitrogens with one attached hydrogen (secondary N) is 2. The van der Waals surface area contributed by atoms with E-state index in [1.54, 1.807) is 25.3 Å². The maximum atomic E-state index is 13.0. The summed E-state index contributed by atoms with van der Waals surface area (Å²) < 4.78 is 10.8. The van der Waals surface area contributed by atoms with Crippen molar-refractivity contribution in [3.63, 3.8) is 0 Å². The molecule has 1 atom stereocenters. The molecule has 0 aliphatic heterocycles. The molecule has 180 valence electrons. The molecule has 1 amide bonds. The summed E-state index contributed by atoms with van der Waals surface area (Å²) in [7, 11) is 1.60. The standard InChI is InChI=1S/C27H22N4O4S/c1-16(25(32)31-27-30-23(15-36-27)17-8-7-9-18(14-17)34-2)35-26(33)20-11-4-3-10-19(20)24-28-21-12-5-6-13-22(21)29-24/h3-16H,1-2H3,(H,28,29)(H,30,31,32). The van der Waals surface area contributed by atoms with Gasteiger partial charge in [-0.2, -0.15) is 0 Å². The van der Waals surface area contributed by atoms with Gasteiger partial charge in [0, 0.05) is 16.5 Å². The molecular formula is C27H22N4O4S. The van der Waals surface area contributed by atoms with Crippen LogP contribution in [0.15, 0.2) is 78.2 Å². The Morgan fingerprint density at radius 2 is 1.81 bits per heavy atom. The van der Waals surface area contributed by atoms with Gasteiger partial charge in [-0.15, -0.1) is 11.3 Å². The van der Waals surface area contributed by atoms with Crippen molar-refractivity contribution in [2.45, 2.75) is 13.0 Å². The molecule has 9 heteroatoms. The molecular weight excluding hydrogens is 476 g/mol. The largest absolute Gasteiger partial charge is 0.497 e. The zero-order valence-electron chi connectivity index (χ0n) is 19.5. The lowest BCUT2D eigenvalue weighted by Crippen LogP contribution is -2.30. The number of H-pyrrole nitrogens is 1. The Labute approximate surface area is 210 Å². The van der Waals surface area contributed by atoms with Crippen molar-refractivity contribution < 1.29 is 19.1 Å². The Hall–Kier alpha value is -4.50. The van der Waals surface area contributed by atoms with Crippen molar-refractivity contribution in [3.05, 3.63) is 83.7 Å². The molecule has 0 radical (unpaired) electrons. The van der Waals surface area contributed by atoms with E-state index in [0.717, 1.165) is 22.3 Å². The fourth-order valence-corrected chi connectivity index (χ4v) is 4.40. The van der Waals surface area contributed by atoms with Crippen LogP contribution in [0.4, 0.5) is 5.13 Å². The summed E-state index contributed by atoms with van der Waals surface area (Å²) in [5.74, 6) is 0.171. The number of methoxy groups -OCH3 is 1. The van der Waals surface area contributed by atoms with Crippen LogP contribution in [0.1, 0.15) is 17.3 Å². The molecule has 36 heavy (non-hydrogen) atoms. The van der Waals surface area contributed by atoms with Gasteiger partial charge >= 0.3 is 5.97 Å². The Balaban J connectivity index is 1.28. The quantitative estimate of drug-likeness (QED) is 0.285. The van der Waals surface area contributed by atoms with Crippen LogP contribution in [-0.2, 0) is 9.53 Å². The number of ether oxygens (including phenoxy) is 2. The van der Waals surface area contributed by atoms with Crippen LogP contribution in [0.5, 0.6) is 5.75 Å². The average molecular weight is 499 g/mol. The number of aromatic amines is 1. The number of amides is 1. The Kier molecular flexibility index (Phi) is 6.46. The number of rotatable bonds is 7. The summed E-state index contributed by atoms with van der Waals surface area (Å²) >= 11 is 1.28. The lowest BCUT2D eigenvalue weighted by atomic mass is 10.1. The second-order valence-electron chi connectivity index (χ2n) is 7.95. The van der Waals surface area contributed by atoms with E-state index in [-0.39, 0.29) is 0 Å². The molecule has 8 nitrogen and oxygen atoms in total. The van der Waals surface area contributed by atoms with Crippen molar-refractivity contribution in [1.29, 1.82) is 0 Å². The zero-order chi connectivity index (χ0) is 25.1. The number of imidazole rings is 1. The van der Waals surface area contributed by atoms with Gasteiger partial charge in [0.15, 0.2) is 11.2 Å². The second-order valence-corrected chi connectivity index (χ2v) is 8.81. The highest BCUT2D eigenvalue weighted by Crippen LogP contribution is 2.28. The van der Waals surface area contributed by atoms with Crippen molar-refractivity contribution in [1.82, 2.24) is 15.0 Å². The summed E-state index contributed by atoms with van der Waals surface area (Å²) in [6.45, 7) is 1.52. The lowest BCUT2D eigenvalue weighted by molar-refractivity contribution is -0.123. The maximum absolute atomic E-state index is 13.0. The van der Waals surface area contributed by atoms with E-state index in [1.807, 2.05) is 60.0 Å². The molecule has 0 bridgehead atoms. The van der Waals surface area contributed by atoms with Crippen molar-refractivity contribution >= 4 is 39.4 Å². The van der Waals surface area contributed by atoms with Gasteiger partial charge in [0.1, 0.15) is 11.6 Å². The molecule has 5 aromatic rings. The third-order valence-electron chi connectivity index (χ3n) is 5.54. The Morgan fingerprint density at radius 3 is 2.64 bits per heavy atom. The number of carbonyl (C=O) groups excluding carboxylic acids is 2. The molecule has 1 unspecified atom stereocenters. The molecule has 2 N–H and O–H groups in total. The molecule has 0 spiro atoms.